The van der Waals surface area contributed by atoms with Crippen molar-refractivity contribution >= 4 is 0 Å². The van der Waals surface area contributed by atoms with Gasteiger partial charge in [-0.2, -0.15) is 0 Å². The third-order valence-corrected chi connectivity index (χ3v) is 3.52. The molecule has 2 nitrogen and oxygen atoms in total. The third-order valence-electron chi connectivity index (χ3n) is 3.52. The summed E-state index contributed by atoms with van der Waals surface area (Å²) in [5.41, 5.74) is 6.23. The molecule has 2 fully saturated rings. The van der Waals surface area contributed by atoms with E-state index >= 15 is 0 Å². The standard InChI is InChI=1S/C11H21NO/c1-2-13-11(9-6-7-9)10(12)8-4-3-5-8/h8-11H,2-7,12H2,1H3. The van der Waals surface area contributed by atoms with Crippen LogP contribution in [0.25, 0.3) is 0 Å². The van der Waals surface area contributed by atoms with E-state index in [2.05, 4.69) is 6.92 Å². The fourth-order valence-electron chi connectivity index (χ4n) is 2.27. The largest absolute Gasteiger partial charge is 0.377 e. The highest BCUT2D eigenvalue weighted by atomic mass is 16.5. The van der Waals surface area contributed by atoms with Crippen LogP contribution in [0.5, 0.6) is 0 Å². The van der Waals surface area contributed by atoms with E-state index in [1.54, 1.807) is 0 Å². The van der Waals surface area contributed by atoms with Crippen molar-refractivity contribution in [1.82, 2.24) is 0 Å². The Kier molecular flexibility index (Phi) is 2.89. The summed E-state index contributed by atoms with van der Waals surface area (Å²) in [4.78, 5) is 0. The molecule has 2 saturated carbocycles. The van der Waals surface area contributed by atoms with E-state index in [1.807, 2.05) is 0 Å². The number of nitrogens with two attached hydrogens (primary N) is 1. The van der Waals surface area contributed by atoms with Crippen LogP contribution in [0, 0.1) is 11.8 Å². The second-order valence-electron chi connectivity index (χ2n) is 4.53. The van der Waals surface area contributed by atoms with Crippen molar-refractivity contribution in [2.45, 2.75) is 51.2 Å². The first-order valence-electron chi connectivity index (χ1n) is 5.70. The molecule has 2 aliphatic rings. The Hall–Kier alpha value is -0.0800. The Labute approximate surface area is 80.8 Å². The van der Waals surface area contributed by atoms with Gasteiger partial charge in [-0.3, -0.25) is 0 Å². The summed E-state index contributed by atoms with van der Waals surface area (Å²) >= 11 is 0. The van der Waals surface area contributed by atoms with Crippen molar-refractivity contribution in [2.75, 3.05) is 6.61 Å². The lowest BCUT2D eigenvalue weighted by Crippen LogP contribution is -2.46. The molecule has 0 spiro atoms. The maximum absolute atomic E-state index is 6.23. The first-order valence-corrected chi connectivity index (χ1v) is 5.70. The van der Waals surface area contributed by atoms with E-state index in [0.29, 0.717) is 12.1 Å². The van der Waals surface area contributed by atoms with Crippen molar-refractivity contribution in [2.24, 2.45) is 17.6 Å². The quantitative estimate of drug-likeness (QED) is 0.707. The van der Waals surface area contributed by atoms with Gasteiger partial charge in [-0.15, -0.1) is 0 Å². The topological polar surface area (TPSA) is 35.2 Å². The molecule has 0 heterocycles. The van der Waals surface area contributed by atoms with Gasteiger partial charge in [0.1, 0.15) is 0 Å². The summed E-state index contributed by atoms with van der Waals surface area (Å²) in [6.45, 7) is 2.89. The Balaban J connectivity index is 1.84. The van der Waals surface area contributed by atoms with Crippen LogP contribution in [-0.2, 0) is 4.74 Å². The lowest BCUT2D eigenvalue weighted by molar-refractivity contribution is 0.00294. The number of hydrogen-bond donors (Lipinski definition) is 1. The summed E-state index contributed by atoms with van der Waals surface area (Å²) in [6, 6.07) is 0.321. The van der Waals surface area contributed by atoms with E-state index in [4.69, 9.17) is 10.5 Å². The fraction of sp³-hybridized carbons (Fsp3) is 1.00. The van der Waals surface area contributed by atoms with Crippen LogP contribution in [0.1, 0.15) is 39.0 Å². The first kappa shape index (κ1) is 9.47. The molecule has 2 heteroatoms. The van der Waals surface area contributed by atoms with E-state index in [0.717, 1.165) is 18.4 Å². The first-order chi connectivity index (χ1) is 6.33. The summed E-state index contributed by atoms with van der Waals surface area (Å²) in [5, 5.41) is 0. The molecule has 2 aliphatic carbocycles. The van der Waals surface area contributed by atoms with E-state index in [1.165, 1.54) is 32.1 Å². The average molecular weight is 183 g/mol. The fourth-order valence-corrected chi connectivity index (χ4v) is 2.27. The molecule has 2 unspecified atom stereocenters. The van der Waals surface area contributed by atoms with Crippen LogP contribution in [0.3, 0.4) is 0 Å². The average Bonchev–Trinajstić information content (AvgIpc) is 2.79. The maximum Gasteiger partial charge on any atom is 0.0756 e. The minimum Gasteiger partial charge on any atom is -0.377 e. The van der Waals surface area contributed by atoms with Gasteiger partial charge in [0.25, 0.3) is 0 Å². The Morgan fingerprint density at radius 3 is 2.31 bits per heavy atom. The van der Waals surface area contributed by atoms with Crippen LogP contribution < -0.4 is 5.73 Å². The van der Waals surface area contributed by atoms with Crippen molar-refractivity contribution < 1.29 is 4.74 Å². The zero-order valence-corrected chi connectivity index (χ0v) is 8.54. The van der Waals surface area contributed by atoms with Gasteiger partial charge in [-0.25, -0.2) is 0 Å². The number of ether oxygens (including phenoxy) is 1. The summed E-state index contributed by atoms with van der Waals surface area (Å²) < 4.78 is 5.76. The van der Waals surface area contributed by atoms with Crippen LogP contribution in [0.2, 0.25) is 0 Å². The van der Waals surface area contributed by atoms with Crippen LogP contribution >= 0.6 is 0 Å². The summed E-state index contributed by atoms with van der Waals surface area (Å²) in [6.07, 6.45) is 7.09. The highest BCUT2D eigenvalue weighted by Crippen LogP contribution is 2.40. The van der Waals surface area contributed by atoms with Crippen LogP contribution in [-0.4, -0.2) is 18.8 Å². The van der Waals surface area contributed by atoms with Gasteiger partial charge in [0.05, 0.1) is 6.10 Å². The molecular weight excluding hydrogens is 162 g/mol. The zero-order chi connectivity index (χ0) is 9.26. The molecule has 0 aliphatic heterocycles. The van der Waals surface area contributed by atoms with Gasteiger partial charge in [0.15, 0.2) is 0 Å². The van der Waals surface area contributed by atoms with E-state index in [-0.39, 0.29) is 0 Å². The van der Waals surface area contributed by atoms with E-state index < -0.39 is 0 Å². The second kappa shape index (κ2) is 3.97. The lowest BCUT2D eigenvalue weighted by Gasteiger charge is -2.36. The molecule has 76 valence electrons. The predicted molar refractivity (Wildman–Crippen MR) is 53.5 cm³/mol. The molecule has 0 saturated heterocycles. The third kappa shape index (κ3) is 2.05. The monoisotopic (exact) mass is 183 g/mol. The molecule has 0 radical (unpaired) electrons. The molecule has 13 heavy (non-hydrogen) atoms. The lowest BCUT2D eigenvalue weighted by atomic mass is 9.77. The number of rotatable bonds is 5. The minimum absolute atomic E-state index is 0.321. The van der Waals surface area contributed by atoms with Crippen molar-refractivity contribution in [3.8, 4) is 0 Å². The van der Waals surface area contributed by atoms with Crippen molar-refractivity contribution in [3.05, 3.63) is 0 Å². The van der Waals surface area contributed by atoms with Gasteiger partial charge >= 0.3 is 0 Å². The normalized spacial score (nSPS) is 28.2. The highest BCUT2D eigenvalue weighted by molar-refractivity contribution is 4.94. The molecule has 2 atom stereocenters. The van der Waals surface area contributed by atoms with Gasteiger partial charge in [0, 0.05) is 12.6 Å². The van der Waals surface area contributed by atoms with E-state index in [9.17, 15) is 0 Å². The maximum atomic E-state index is 6.23. The molecular formula is C11H21NO. The number of hydrogen-bond acceptors (Lipinski definition) is 2. The van der Waals surface area contributed by atoms with Gasteiger partial charge in [0.2, 0.25) is 0 Å². The molecule has 0 bridgehead atoms. The smallest absolute Gasteiger partial charge is 0.0756 e. The second-order valence-corrected chi connectivity index (χ2v) is 4.53. The molecule has 2 rings (SSSR count). The predicted octanol–water partition coefficient (Wildman–Crippen LogP) is 1.93. The molecule has 0 amide bonds. The molecule has 0 aromatic rings. The SMILES string of the molecule is CCOC(C1CC1)C(N)C1CCC1. The molecule has 2 N–H and O–H groups in total. The van der Waals surface area contributed by atoms with Crippen molar-refractivity contribution in [1.29, 1.82) is 0 Å². The van der Waals surface area contributed by atoms with Gasteiger partial charge in [-0.1, -0.05) is 6.42 Å². The Morgan fingerprint density at radius 2 is 1.92 bits per heavy atom. The van der Waals surface area contributed by atoms with Crippen LogP contribution in [0.15, 0.2) is 0 Å². The van der Waals surface area contributed by atoms with Crippen LogP contribution in [0.4, 0.5) is 0 Å². The highest BCUT2D eigenvalue weighted by Gasteiger charge is 2.40. The minimum atomic E-state index is 0.321. The Bertz CT molecular complexity index is 163. The Morgan fingerprint density at radius 1 is 1.23 bits per heavy atom. The summed E-state index contributed by atoms with van der Waals surface area (Å²) in [5.74, 6) is 1.55. The van der Waals surface area contributed by atoms with Crippen molar-refractivity contribution in [3.63, 3.8) is 0 Å². The molecule has 0 aromatic carbocycles. The zero-order valence-electron chi connectivity index (χ0n) is 8.54. The molecule has 0 aromatic heterocycles. The van der Waals surface area contributed by atoms with Gasteiger partial charge < -0.3 is 10.5 Å². The van der Waals surface area contributed by atoms with Gasteiger partial charge in [-0.05, 0) is 44.4 Å². The summed E-state index contributed by atoms with van der Waals surface area (Å²) in [7, 11) is 0.